The van der Waals surface area contributed by atoms with Gasteiger partial charge in [-0.25, -0.2) is 3.29 Å². The van der Waals surface area contributed by atoms with Crippen LogP contribution in [-0.2, 0) is 0 Å². The van der Waals surface area contributed by atoms with Crippen molar-refractivity contribution in [3.8, 4) is 0 Å². The summed E-state index contributed by atoms with van der Waals surface area (Å²) in [5, 5.41) is 0. The topological polar surface area (TPSA) is 12.0 Å². The summed E-state index contributed by atoms with van der Waals surface area (Å²) in [5.74, 6) is 0. The van der Waals surface area contributed by atoms with Crippen LogP contribution < -0.4 is 3.29 Å². The molecule has 0 bridgehead atoms. The van der Waals surface area contributed by atoms with Crippen molar-refractivity contribution < 1.29 is 1.41 Å². The van der Waals surface area contributed by atoms with Gasteiger partial charge in [-0.1, -0.05) is 17.9 Å². The Bertz CT molecular complexity index is 31.8. The highest BCUT2D eigenvalue weighted by atomic mass is 127. The van der Waals surface area contributed by atoms with Gasteiger partial charge in [0.1, 0.15) is 1.41 Å². The standard InChI is InChI=1S/H5INP3/c1-2-5(3)4/h2H,3-4H2/i/hT. The molecule has 0 fully saturated rings. The summed E-state index contributed by atoms with van der Waals surface area (Å²) >= 11 is 1.92. The Morgan fingerprint density at radius 3 is 2.20 bits per heavy atom. The van der Waals surface area contributed by atoms with E-state index < -0.39 is 0 Å². The van der Waals surface area contributed by atoms with Crippen molar-refractivity contribution >= 4 is 48.2 Å². The fourth-order valence-corrected chi connectivity index (χ4v) is 0. The van der Waals surface area contributed by atoms with E-state index in [-0.39, 0.29) is 7.45 Å². The molecular formula is H5INP3. The predicted octanol–water partition coefficient (Wildman–Crippen LogP) is 1.90. The molecule has 0 rings (SSSR count). The number of hydrogen-bond acceptors (Lipinski definition) is 1. The van der Waals surface area contributed by atoms with Crippen molar-refractivity contribution in [1.29, 1.82) is 0 Å². The van der Waals surface area contributed by atoms with Crippen molar-refractivity contribution in [2.45, 2.75) is 0 Å². The van der Waals surface area contributed by atoms with Crippen LogP contribution in [0.4, 0.5) is 0 Å². The first-order valence-electron chi connectivity index (χ1n) is 1.33. The van der Waals surface area contributed by atoms with E-state index in [0.717, 1.165) is 0 Å². The molecule has 2 unspecified atom stereocenters. The van der Waals surface area contributed by atoms with Crippen LogP contribution in [0.1, 0.15) is 0 Å². The summed E-state index contributed by atoms with van der Waals surface area (Å²) in [6.45, 7) is 0. The third-order valence-corrected chi connectivity index (χ3v) is 5.27. The highest BCUT2D eigenvalue weighted by Gasteiger charge is 1.78. The SMILES string of the molecule is [3H]N(I)P(P)P. The van der Waals surface area contributed by atoms with Crippen LogP contribution in [0.15, 0.2) is 0 Å². The molecule has 0 aromatic heterocycles. The Kier molecular flexibility index (Phi) is 4.25. The molecule has 2 atom stereocenters. The van der Waals surface area contributed by atoms with E-state index in [1.165, 1.54) is 3.29 Å². The van der Waals surface area contributed by atoms with E-state index in [0.29, 0.717) is 0 Å². The summed E-state index contributed by atoms with van der Waals surface area (Å²) in [6.07, 6.45) is 0. The first-order valence-corrected chi connectivity index (χ1v) is 6.38. The van der Waals surface area contributed by atoms with E-state index in [9.17, 15) is 0 Å². The second-order valence-electron chi connectivity index (χ2n) is 0.456. The fraction of sp³-hybridized carbons (Fsp3) is 0. The van der Waals surface area contributed by atoms with Gasteiger partial charge in [0, 0.05) is 30.3 Å². The van der Waals surface area contributed by atoms with E-state index in [1.807, 2.05) is 22.9 Å². The maximum Gasteiger partial charge on any atom is 0.140 e. The van der Waals surface area contributed by atoms with Crippen LogP contribution in [0.3, 0.4) is 0 Å². The molecule has 0 saturated heterocycles. The van der Waals surface area contributed by atoms with Crippen molar-refractivity contribution in [3.05, 3.63) is 0 Å². The van der Waals surface area contributed by atoms with Gasteiger partial charge in [0.25, 0.3) is 0 Å². The molecule has 0 heterocycles. The third-order valence-electron chi connectivity index (χ3n) is 0.0873. The predicted molar refractivity (Wildman–Crippen MR) is 43.5 cm³/mol. The van der Waals surface area contributed by atoms with Gasteiger partial charge < -0.3 is 0 Å². The molecule has 1 N–H and O–H groups in total. The molecule has 0 aliphatic rings. The van der Waals surface area contributed by atoms with Gasteiger partial charge in [-0.15, -0.1) is 0 Å². The smallest absolute Gasteiger partial charge is 0.140 e. The molecule has 5 heteroatoms. The minimum Gasteiger partial charge on any atom is -0.232 e. The summed E-state index contributed by atoms with van der Waals surface area (Å²) in [7, 11) is 4.72. The molecule has 0 radical (unpaired) electrons. The zero-order chi connectivity index (χ0) is 5.15. The van der Waals surface area contributed by atoms with Crippen LogP contribution in [0, 0.1) is 0 Å². The summed E-state index contributed by atoms with van der Waals surface area (Å²) in [5.41, 5.74) is 0. The van der Waals surface area contributed by atoms with E-state index in [4.69, 9.17) is 1.41 Å². The first-order chi connectivity index (χ1) is 2.64. The van der Waals surface area contributed by atoms with Gasteiger partial charge in [0.15, 0.2) is 0 Å². The molecule has 32 valence electrons. The average Bonchev–Trinajstić information content (AvgIpc) is 1.36. The summed E-state index contributed by atoms with van der Waals surface area (Å²) in [6, 6.07) is 0. The Morgan fingerprint density at radius 1 is 2.00 bits per heavy atom. The molecule has 1 nitrogen and oxygen atoms in total. The van der Waals surface area contributed by atoms with Gasteiger partial charge in [0.05, 0.1) is 0 Å². The van der Waals surface area contributed by atoms with Crippen LogP contribution in [0.2, 0.25) is 1.41 Å². The Balaban J connectivity index is 2.99. The van der Waals surface area contributed by atoms with E-state index >= 15 is 0 Å². The summed E-state index contributed by atoms with van der Waals surface area (Å²) in [4.78, 5) is 0. The molecule has 0 spiro atoms. The minimum atomic E-state index is -0.339. The molecule has 0 aliphatic carbocycles. The lowest BCUT2D eigenvalue weighted by atomic mass is 13.9. The monoisotopic (exact) mass is 241 g/mol. The van der Waals surface area contributed by atoms with E-state index in [2.05, 4.69) is 17.9 Å². The van der Waals surface area contributed by atoms with Crippen molar-refractivity contribution in [2.24, 2.45) is 0 Å². The highest BCUT2D eigenvalue weighted by molar-refractivity contribution is 14.1. The minimum absolute atomic E-state index is 0.339. The number of halogens is 1. The zero-order valence-electron chi connectivity index (χ0n) is 3.43. The maximum absolute atomic E-state index is 6.84. The van der Waals surface area contributed by atoms with Gasteiger partial charge in [-0.3, -0.25) is 0 Å². The van der Waals surface area contributed by atoms with Crippen molar-refractivity contribution in [1.82, 2.24) is 3.29 Å². The lowest BCUT2D eigenvalue weighted by molar-refractivity contribution is 1.88. The largest absolute Gasteiger partial charge is 0.232 e. The zero-order valence-corrected chi connectivity index (χ0v) is 7.79. The summed E-state index contributed by atoms with van der Waals surface area (Å²) < 4.78 is 8.22. The van der Waals surface area contributed by atoms with Gasteiger partial charge >= 0.3 is 0 Å². The third kappa shape index (κ3) is 5.98. The van der Waals surface area contributed by atoms with Gasteiger partial charge in [-0.2, -0.15) is 0 Å². The second kappa shape index (κ2) is 4.15. The average molecular weight is 241 g/mol. The number of nitrogens with one attached hydrogen (secondary N) is 1. The molecule has 0 aromatic rings. The van der Waals surface area contributed by atoms with Crippen LogP contribution in [-0.4, -0.2) is 0 Å². The van der Waals surface area contributed by atoms with Gasteiger partial charge in [-0.05, 0) is 0 Å². The Morgan fingerprint density at radius 2 is 2.20 bits per heavy atom. The second-order valence-corrected chi connectivity index (χ2v) is 7.62. The van der Waals surface area contributed by atoms with Crippen LogP contribution in [0.25, 0.3) is 0 Å². The number of rotatable bonds is 1. The van der Waals surface area contributed by atoms with Crippen molar-refractivity contribution in [2.75, 3.05) is 0 Å². The highest BCUT2D eigenvalue weighted by Crippen LogP contribution is 2.48. The molecule has 0 saturated carbocycles. The Labute approximate surface area is 53.0 Å². The molecule has 0 aliphatic heterocycles. The Hall–Kier alpha value is 1.98. The normalized spacial score (nSPS) is 13.4. The molecule has 0 amide bonds. The first kappa shape index (κ1) is 5.12. The molecular weight excluding hydrogens is 234 g/mol. The quantitative estimate of drug-likeness (QED) is 0.420. The fourth-order valence-electron chi connectivity index (χ4n) is 0. The molecule has 0 aromatic carbocycles. The lowest BCUT2D eigenvalue weighted by Crippen LogP contribution is -1.67. The van der Waals surface area contributed by atoms with Crippen molar-refractivity contribution in [3.63, 3.8) is 0 Å². The van der Waals surface area contributed by atoms with Gasteiger partial charge in [0.2, 0.25) is 0 Å². The van der Waals surface area contributed by atoms with E-state index in [1.54, 1.807) is 0 Å². The lowest BCUT2D eigenvalue weighted by Gasteiger charge is -1.93. The van der Waals surface area contributed by atoms with Crippen LogP contribution >= 0.6 is 48.2 Å². The maximum atomic E-state index is 6.84. The van der Waals surface area contributed by atoms with Crippen LogP contribution in [0.5, 0.6) is 0 Å². The molecule has 5 heavy (non-hydrogen) atoms. The number of hydrogen-bond donors (Lipinski definition) is 1.